The molecule has 1 atom stereocenters. The highest BCUT2D eigenvalue weighted by atomic mass is 16.3. The number of para-hydroxylation sites is 2. The maximum absolute atomic E-state index is 13.2. The Hall–Kier alpha value is -3.29. The zero-order valence-electron chi connectivity index (χ0n) is 18.3. The third-order valence-corrected chi connectivity index (χ3v) is 6.91. The minimum Gasteiger partial charge on any atom is -0.469 e. The van der Waals surface area contributed by atoms with Crippen LogP contribution in [0, 0.1) is 12.8 Å². The molecule has 0 spiro atoms. The van der Waals surface area contributed by atoms with Crippen LogP contribution in [-0.4, -0.2) is 57.3 Å². The Labute approximate surface area is 185 Å². The highest BCUT2D eigenvalue weighted by Gasteiger charge is 2.34. The highest BCUT2D eigenvalue weighted by molar-refractivity contribution is 5.95. The van der Waals surface area contributed by atoms with E-state index < -0.39 is 0 Å². The quantitative estimate of drug-likeness (QED) is 0.683. The van der Waals surface area contributed by atoms with Crippen LogP contribution < -0.4 is 5.69 Å². The third kappa shape index (κ3) is 3.63. The number of H-pyrrole nitrogens is 1. The summed E-state index contributed by atoms with van der Waals surface area (Å²) in [7, 11) is 0. The number of benzene rings is 1. The first kappa shape index (κ1) is 20.6. The standard InChI is InChI=1S/C24H28N4O4/c1-16-19(10-14-32-16)23(30)27-11-4-5-17(15-27)22(29)26-12-8-18(9-13-26)28-21-7-3-2-6-20(21)25-24(28)31/h2-3,6-7,10,14,17-18H,4-5,8-9,11-13,15H2,1H3,(H,25,31). The number of aromatic amines is 1. The molecule has 168 valence electrons. The van der Waals surface area contributed by atoms with E-state index in [9.17, 15) is 14.4 Å². The number of rotatable bonds is 3. The number of carbonyl (C=O) groups is 2. The van der Waals surface area contributed by atoms with Crippen LogP contribution in [-0.2, 0) is 4.79 Å². The van der Waals surface area contributed by atoms with Crippen LogP contribution in [0.2, 0.25) is 0 Å². The van der Waals surface area contributed by atoms with E-state index in [1.54, 1.807) is 17.9 Å². The molecular weight excluding hydrogens is 408 g/mol. The van der Waals surface area contributed by atoms with Gasteiger partial charge in [0.25, 0.3) is 5.91 Å². The third-order valence-electron chi connectivity index (χ3n) is 6.91. The maximum atomic E-state index is 13.2. The summed E-state index contributed by atoms with van der Waals surface area (Å²) in [6, 6.07) is 9.49. The summed E-state index contributed by atoms with van der Waals surface area (Å²) in [5.41, 5.74) is 2.24. The highest BCUT2D eigenvalue weighted by Crippen LogP contribution is 2.28. The van der Waals surface area contributed by atoms with Gasteiger partial charge in [-0.15, -0.1) is 0 Å². The zero-order valence-corrected chi connectivity index (χ0v) is 18.3. The molecule has 1 aromatic carbocycles. The first-order chi connectivity index (χ1) is 15.5. The van der Waals surface area contributed by atoms with Gasteiger partial charge in [0, 0.05) is 32.2 Å². The van der Waals surface area contributed by atoms with Crippen molar-refractivity contribution in [1.29, 1.82) is 0 Å². The fourth-order valence-corrected chi connectivity index (χ4v) is 5.18. The fourth-order valence-electron chi connectivity index (χ4n) is 5.18. The van der Waals surface area contributed by atoms with Crippen LogP contribution in [0.4, 0.5) is 0 Å². The number of imidazole rings is 1. The van der Waals surface area contributed by atoms with Crippen molar-refractivity contribution in [3.63, 3.8) is 0 Å². The van der Waals surface area contributed by atoms with Gasteiger partial charge in [-0.05, 0) is 50.8 Å². The molecule has 5 rings (SSSR count). The number of aryl methyl sites for hydroxylation is 1. The van der Waals surface area contributed by atoms with E-state index in [1.807, 2.05) is 33.7 Å². The van der Waals surface area contributed by atoms with Crippen LogP contribution in [0.3, 0.4) is 0 Å². The van der Waals surface area contributed by atoms with Gasteiger partial charge in [0.1, 0.15) is 5.76 Å². The SMILES string of the molecule is Cc1occc1C(=O)N1CCCC(C(=O)N2CCC(n3c(=O)[nH]c4ccccc43)CC2)C1. The van der Waals surface area contributed by atoms with Crippen molar-refractivity contribution < 1.29 is 14.0 Å². The van der Waals surface area contributed by atoms with Crippen molar-refractivity contribution in [3.8, 4) is 0 Å². The van der Waals surface area contributed by atoms with Gasteiger partial charge in [0.05, 0.1) is 28.8 Å². The number of likely N-dealkylation sites (tertiary alicyclic amines) is 2. The van der Waals surface area contributed by atoms with E-state index in [2.05, 4.69) is 4.98 Å². The fraction of sp³-hybridized carbons (Fsp3) is 0.458. The molecule has 32 heavy (non-hydrogen) atoms. The first-order valence-corrected chi connectivity index (χ1v) is 11.3. The van der Waals surface area contributed by atoms with E-state index in [4.69, 9.17) is 4.42 Å². The number of piperidine rings is 2. The van der Waals surface area contributed by atoms with Crippen LogP contribution in [0.15, 0.2) is 45.8 Å². The molecule has 3 aromatic rings. The van der Waals surface area contributed by atoms with Crippen molar-refractivity contribution in [1.82, 2.24) is 19.4 Å². The van der Waals surface area contributed by atoms with Crippen molar-refractivity contribution >= 4 is 22.8 Å². The minimum absolute atomic E-state index is 0.0637. The predicted molar refractivity (Wildman–Crippen MR) is 119 cm³/mol. The average Bonchev–Trinajstić information content (AvgIpc) is 3.40. The summed E-state index contributed by atoms with van der Waals surface area (Å²) in [5.74, 6) is 0.493. The molecule has 8 heteroatoms. The topological polar surface area (TPSA) is 91.6 Å². The Morgan fingerprint density at radius 1 is 1.03 bits per heavy atom. The molecule has 1 N–H and O–H groups in total. The summed E-state index contributed by atoms with van der Waals surface area (Å²) in [5, 5.41) is 0. The normalized spacial score (nSPS) is 20.1. The van der Waals surface area contributed by atoms with E-state index in [-0.39, 0.29) is 29.5 Å². The van der Waals surface area contributed by atoms with Gasteiger partial charge in [0.15, 0.2) is 0 Å². The molecular formula is C24H28N4O4. The molecule has 1 unspecified atom stereocenters. The zero-order chi connectivity index (χ0) is 22.2. The number of hydrogen-bond acceptors (Lipinski definition) is 4. The van der Waals surface area contributed by atoms with Gasteiger partial charge < -0.3 is 19.2 Å². The first-order valence-electron chi connectivity index (χ1n) is 11.3. The van der Waals surface area contributed by atoms with E-state index in [1.165, 1.54) is 6.26 Å². The smallest absolute Gasteiger partial charge is 0.326 e. The molecule has 0 saturated carbocycles. The van der Waals surface area contributed by atoms with Gasteiger partial charge in [0.2, 0.25) is 5.91 Å². The van der Waals surface area contributed by atoms with E-state index >= 15 is 0 Å². The molecule has 0 aliphatic carbocycles. The van der Waals surface area contributed by atoms with Crippen LogP contribution in [0.5, 0.6) is 0 Å². The molecule has 8 nitrogen and oxygen atoms in total. The molecule has 0 radical (unpaired) electrons. The van der Waals surface area contributed by atoms with E-state index in [0.717, 1.165) is 36.7 Å². The number of nitrogens with one attached hydrogen (secondary N) is 1. The Bertz CT molecular complexity index is 1200. The number of carbonyl (C=O) groups excluding carboxylic acids is 2. The molecule has 0 bridgehead atoms. The van der Waals surface area contributed by atoms with Gasteiger partial charge in [-0.25, -0.2) is 4.79 Å². The summed E-state index contributed by atoms with van der Waals surface area (Å²) >= 11 is 0. The second-order valence-corrected chi connectivity index (χ2v) is 8.85. The molecule has 2 fully saturated rings. The average molecular weight is 437 g/mol. The number of furan rings is 1. The van der Waals surface area contributed by atoms with Crippen molar-refractivity contribution in [3.05, 3.63) is 58.4 Å². The Morgan fingerprint density at radius 2 is 1.81 bits per heavy atom. The molecule has 2 aliphatic heterocycles. The summed E-state index contributed by atoms with van der Waals surface area (Å²) in [6.07, 6.45) is 4.64. The lowest BCUT2D eigenvalue weighted by molar-refractivity contribution is -0.138. The number of nitrogens with zero attached hydrogens (tertiary/aromatic N) is 3. The molecule has 4 heterocycles. The number of fused-ring (bicyclic) bond motifs is 1. The number of hydrogen-bond donors (Lipinski definition) is 1. The molecule has 2 saturated heterocycles. The van der Waals surface area contributed by atoms with Crippen LogP contribution in [0.1, 0.15) is 47.8 Å². The van der Waals surface area contributed by atoms with Crippen LogP contribution >= 0.6 is 0 Å². The van der Waals surface area contributed by atoms with Gasteiger partial charge >= 0.3 is 5.69 Å². The van der Waals surface area contributed by atoms with Crippen LogP contribution in [0.25, 0.3) is 11.0 Å². The summed E-state index contributed by atoms with van der Waals surface area (Å²) < 4.78 is 7.11. The Morgan fingerprint density at radius 3 is 2.56 bits per heavy atom. The second kappa shape index (κ2) is 8.33. The predicted octanol–water partition coefficient (Wildman–Crippen LogP) is 2.95. The van der Waals surface area contributed by atoms with Crippen molar-refractivity contribution in [2.24, 2.45) is 5.92 Å². The largest absolute Gasteiger partial charge is 0.469 e. The summed E-state index contributed by atoms with van der Waals surface area (Å²) in [4.78, 5) is 45.2. The molecule has 2 aromatic heterocycles. The molecule has 2 amide bonds. The van der Waals surface area contributed by atoms with Gasteiger partial charge in [-0.2, -0.15) is 0 Å². The number of amides is 2. The Balaban J connectivity index is 1.23. The monoisotopic (exact) mass is 436 g/mol. The van der Waals surface area contributed by atoms with Gasteiger partial charge in [-0.1, -0.05) is 12.1 Å². The minimum atomic E-state index is -0.174. The second-order valence-electron chi connectivity index (χ2n) is 8.85. The van der Waals surface area contributed by atoms with Gasteiger partial charge in [-0.3, -0.25) is 14.2 Å². The Kier molecular flexibility index (Phi) is 5.36. The van der Waals surface area contributed by atoms with E-state index in [0.29, 0.717) is 37.5 Å². The van der Waals surface area contributed by atoms with Crippen molar-refractivity contribution in [2.45, 2.75) is 38.6 Å². The lowest BCUT2D eigenvalue weighted by Crippen LogP contribution is -2.49. The maximum Gasteiger partial charge on any atom is 0.326 e. The number of aromatic nitrogens is 2. The lowest BCUT2D eigenvalue weighted by atomic mass is 9.94. The van der Waals surface area contributed by atoms with Crippen molar-refractivity contribution in [2.75, 3.05) is 26.2 Å². The molecule has 2 aliphatic rings. The summed E-state index contributed by atoms with van der Waals surface area (Å²) in [6.45, 7) is 4.15. The lowest BCUT2D eigenvalue weighted by Gasteiger charge is -2.38.